The number of hydrogen-bond donors (Lipinski definition) is 3. The predicted octanol–water partition coefficient (Wildman–Crippen LogP) is 3.33. The topological polar surface area (TPSA) is 105 Å². The highest BCUT2D eigenvalue weighted by Gasteiger charge is 2.77. The molecule has 5 aliphatic rings. The summed E-state index contributed by atoms with van der Waals surface area (Å²) < 4.78 is 12.1. The van der Waals surface area contributed by atoms with Crippen molar-refractivity contribution in [2.45, 2.75) is 104 Å². The number of nitrogens with one attached hydrogen (secondary N) is 1. The van der Waals surface area contributed by atoms with Crippen LogP contribution in [0.3, 0.4) is 0 Å². The van der Waals surface area contributed by atoms with Crippen molar-refractivity contribution >= 4 is 11.9 Å². The van der Waals surface area contributed by atoms with Gasteiger partial charge in [-0.05, 0) is 61.0 Å². The van der Waals surface area contributed by atoms with Gasteiger partial charge in [0.25, 0.3) is 0 Å². The number of rotatable bonds is 2. The Kier molecular flexibility index (Phi) is 5.52. The zero-order chi connectivity index (χ0) is 25.6. The predicted molar refractivity (Wildman–Crippen MR) is 130 cm³/mol. The van der Waals surface area contributed by atoms with Crippen molar-refractivity contribution in [2.75, 3.05) is 6.54 Å². The third-order valence-electron chi connectivity index (χ3n) is 11.7. The van der Waals surface area contributed by atoms with E-state index in [1.54, 1.807) is 0 Å². The summed E-state index contributed by atoms with van der Waals surface area (Å²) in [6, 6.07) is 0. The minimum atomic E-state index is -1.40. The number of ether oxygens (including phenoxy) is 2. The number of carbonyl (C=O) groups excluding carboxylic acids is 2. The van der Waals surface area contributed by atoms with Gasteiger partial charge < -0.3 is 25.0 Å². The molecule has 2 heterocycles. The van der Waals surface area contributed by atoms with Gasteiger partial charge in [-0.2, -0.15) is 0 Å². The van der Waals surface area contributed by atoms with Crippen LogP contribution in [0, 0.1) is 39.4 Å². The first-order valence-electron chi connectivity index (χ1n) is 13.4. The maximum absolute atomic E-state index is 13.1. The second-order valence-corrected chi connectivity index (χ2v) is 13.4. The molecule has 2 aliphatic heterocycles. The van der Waals surface area contributed by atoms with E-state index in [4.69, 9.17) is 9.47 Å². The summed E-state index contributed by atoms with van der Waals surface area (Å²) in [5.41, 5.74) is -3.41. The molecule has 3 N–H and O–H groups in total. The number of esters is 2. The molecule has 35 heavy (non-hydrogen) atoms. The zero-order valence-corrected chi connectivity index (χ0v) is 22.1. The minimum Gasteiger partial charge on any atom is -0.462 e. The molecule has 10 atom stereocenters. The van der Waals surface area contributed by atoms with Crippen molar-refractivity contribution in [3.8, 4) is 0 Å². The molecule has 0 aromatic carbocycles. The lowest BCUT2D eigenvalue weighted by Gasteiger charge is -2.73. The molecule has 3 saturated carbocycles. The summed E-state index contributed by atoms with van der Waals surface area (Å²) in [6.07, 6.45) is 6.12. The fourth-order valence-electron chi connectivity index (χ4n) is 9.78. The molecular weight excluding hydrogens is 446 g/mol. The normalized spacial score (nSPS) is 52.4. The average molecular weight is 490 g/mol. The highest BCUT2D eigenvalue weighted by Crippen LogP contribution is 2.74. The smallest absolute Gasteiger partial charge is 0.309 e. The Bertz CT molecular complexity index is 948. The van der Waals surface area contributed by atoms with E-state index < -0.39 is 34.7 Å². The van der Waals surface area contributed by atoms with Crippen molar-refractivity contribution in [2.24, 2.45) is 39.4 Å². The molecule has 196 valence electrons. The molecule has 0 spiro atoms. The number of fused-ring (bicyclic) bond motifs is 5. The van der Waals surface area contributed by atoms with Gasteiger partial charge in [0.15, 0.2) is 0 Å². The molecule has 7 nitrogen and oxygen atoms in total. The van der Waals surface area contributed by atoms with Crippen molar-refractivity contribution in [1.29, 1.82) is 0 Å². The van der Waals surface area contributed by atoms with Crippen LogP contribution in [0.15, 0.2) is 12.3 Å². The summed E-state index contributed by atoms with van der Waals surface area (Å²) in [5.74, 6) is -0.611. The Balaban J connectivity index is 1.67. The van der Waals surface area contributed by atoms with Crippen molar-refractivity contribution in [1.82, 2.24) is 5.32 Å². The van der Waals surface area contributed by atoms with Crippen LogP contribution in [0.25, 0.3) is 0 Å². The van der Waals surface area contributed by atoms with E-state index in [2.05, 4.69) is 39.9 Å². The van der Waals surface area contributed by atoms with E-state index in [9.17, 15) is 19.8 Å². The summed E-state index contributed by atoms with van der Waals surface area (Å²) in [4.78, 5) is 25.5. The number of aliphatic hydroxyl groups excluding tert-OH is 1. The third kappa shape index (κ3) is 3.09. The highest BCUT2D eigenvalue weighted by molar-refractivity contribution is 5.73. The highest BCUT2D eigenvalue weighted by atomic mass is 16.6. The lowest BCUT2D eigenvalue weighted by atomic mass is 9.33. The quantitative estimate of drug-likeness (QED) is 0.511. The van der Waals surface area contributed by atoms with E-state index in [1.807, 2.05) is 12.3 Å². The number of hydrogen-bond acceptors (Lipinski definition) is 7. The molecule has 0 amide bonds. The fraction of sp³-hybridized carbons (Fsp3) is 0.857. The standard InChI is InChI=1S/C28H43NO6/c1-16(30)34-21-13-19-24(2,3)20(31)8-10-25(19,4)18-7-11-26(5)23(17-9-12-29-15-17)35-22(32)14-28(26,33)27(18,21)6/h9,12,17-21,23,29,31,33H,7-8,10-11,13-15H2,1-6H3/t17?,18?,19?,20-,21-,23+,25-,26+,27+,28?/m1/s1. The lowest BCUT2D eigenvalue weighted by Crippen LogP contribution is -2.78. The molecule has 7 heteroatoms. The van der Waals surface area contributed by atoms with Crippen LogP contribution in [0.1, 0.15) is 80.1 Å². The summed E-state index contributed by atoms with van der Waals surface area (Å²) in [7, 11) is 0. The molecule has 4 fully saturated rings. The van der Waals surface area contributed by atoms with Crippen LogP contribution in [0.5, 0.6) is 0 Å². The van der Waals surface area contributed by atoms with Gasteiger partial charge >= 0.3 is 11.9 Å². The second-order valence-electron chi connectivity index (χ2n) is 13.4. The van der Waals surface area contributed by atoms with Gasteiger partial charge in [0, 0.05) is 30.2 Å². The molecule has 0 bridgehead atoms. The first-order valence-corrected chi connectivity index (χ1v) is 13.4. The van der Waals surface area contributed by atoms with E-state index in [-0.39, 0.29) is 46.9 Å². The Morgan fingerprint density at radius 3 is 2.49 bits per heavy atom. The molecule has 0 radical (unpaired) electrons. The van der Waals surface area contributed by atoms with E-state index in [1.165, 1.54) is 6.92 Å². The minimum absolute atomic E-state index is 0.0150. The van der Waals surface area contributed by atoms with Gasteiger partial charge in [0.1, 0.15) is 12.2 Å². The maximum atomic E-state index is 13.1. The van der Waals surface area contributed by atoms with Crippen LogP contribution in [-0.2, 0) is 19.1 Å². The summed E-state index contributed by atoms with van der Waals surface area (Å²) in [5, 5.41) is 27.1. The molecule has 5 rings (SSSR count). The van der Waals surface area contributed by atoms with Gasteiger partial charge in [0.05, 0.1) is 18.1 Å². The first-order chi connectivity index (χ1) is 16.2. The Hall–Kier alpha value is -1.60. The Morgan fingerprint density at radius 1 is 1.14 bits per heavy atom. The van der Waals surface area contributed by atoms with E-state index in [0.29, 0.717) is 19.4 Å². The molecule has 3 aliphatic carbocycles. The number of carbonyl (C=O) groups is 2. The van der Waals surface area contributed by atoms with Crippen molar-refractivity contribution in [3.63, 3.8) is 0 Å². The summed E-state index contributed by atoms with van der Waals surface area (Å²) in [6.45, 7) is 12.8. The molecule has 4 unspecified atom stereocenters. The molecule has 1 saturated heterocycles. The van der Waals surface area contributed by atoms with Gasteiger partial charge in [-0.25, -0.2) is 0 Å². The fourth-order valence-corrected chi connectivity index (χ4v) is 9.78. The van der Waals surface area contributed by atoms with Crippen molar-refractivity contribution in [3.05, 3.63) is 12.3 Å². The Labute approximate surface area is 209 Å². The zero-order valence-electron chi connectivity index (χ0n) is 22.1. The molecule has 0 aromatic heterocycles. The van der Waals surface area contributed by atoms with Gasteiger partial charge in [-0.3, -0.25) is 9.59 Å². The van der Waals surface area contributed by atoms with Crippen LogP contribution in [0.4, 0.5) is 0 Å². The third-order valence-corrected chi connectivity index (χ3v) is 11.7. The van der Waals surface area contributed by atoms with E-state index >= 15 is 0 Å². The number of aliphatic hydroxyl groups is 2. The van der Waals surface area contributed by atoms with Gasteiger partial charge in [-0.15, -0.1) is 0 Å². The van der Waals surface area contributed by atoms with E-state index in [0.717, 1.165) is 19.3 Å². The van der Waals surface area contributed by atoms with Crippen LogP contribution >= 0.6 is 0 Å². The van der Waals surface area contributed by atoms with Crippen LogP contribution < -0.4 is 5.32 Å². The molecular formula is C28H43NO6. The number of cyclic esters (lactones) is 1. The lowest BCUT2D eigenvalue weighted by molar-refractivity contribution is -0.336. The second kappa shape index (κ2) is 7.70. The molecule has 0 aromatic rings. The monoisotopic (exact) mass is 489 g/mol. The van der Waals surface area contributed by atoms with Gasteiger partial charge in [0.2, 0.25) is 0 Å². The van der Waals surface area contributed by atoms with Gasteiger partial charge in [-0.1, -0.05) is 40.7 Å². The average Bonchev–Trinajstić information content (AvgIpc) is 3.29. The Morgan fingerprint density at radius 2 is 1.86 bits per heavy atom. The maximum Gasteiger partial charge on any atom is 0.309 e. The largest absolute Gasteiger partial charge is 0.462 e. The van der Waals surface area contributed by atoms with Crippen molar-refractivity contribution < 1.29 is 29.3 Å². The summed E-state index contributed by atoms with van der Waals surface area (Å²) >= 11 is 0. The SMILES string of the molecule is CC(=O)O[C@@H]1CC2C(C)(C)[C@H](O)CC[C@]2(C)C2CC[C@@]3(C)[C@H](C4C=CNC4)OC(=O)CC3(O)[C@@]21C. The first kappa shape index (κ1) is 25.1. The van der Waals surface area contributed by atoms with Crippen LogP contribution in [-0.4, -0.2) is 52.6 Å². The van der Waals surface area contributed by atoms with Crippen LogP contribution in [0.2, 0.25) is 0 Å².